The maximum absolute atomic E-state index is 11.5. The van der Waals surface area contributed by atoms with Gasteiger partial charge in [0.05, 0.1) is 11.4 Å². The van der Waals surface area contributed by atoms with Gasteiger partial charge in [-0.05, 0) is 18.6 Å². The summed E-state index contributed by atoms with van der Waals surface area (Å²) < 4.78 is 0. The smallest absolute Gasteiger partial charge is 0.238 e. The van der Waals surface area contributed by atoms with Crippen LogP contribution in [0.1, 0.15) is 19.8 Å². The van der Waals surface area contributed by atoms with Crippen LogP contribution in [0.3, 0.4) is 0 Å². The molecular weight excluding hydrogens is 202 g/mol. The quantitative estimate of drug-likeness (QED) is 0.747. The molecule has 0 fully saturated rings. The summed E-state index contributed by atoms with van der Waals surface area (Å²) in [5.41, 5.74) is 4.77. The van der Waals surface area contributed by atoms with Gasteiger partial charge in [0.25, 0.3) is 0 Å². The van der Waals surface area contributed by atoms with Gasteiger partial charge in [0.2, 0.25) is 5.91 Å². The van der Waals surface area contributed by atoms with E-state index in [0.717, 1.165) is 17.8 Å². The van der Waals surface area contributed by atoms with Crippen LogP contribution in [0.25, 0.3) is 0 Å². The molecule has 0 aliphatic rings. The largest absolute Gasteiger partial charge is 0.386 e. The number of nitrogens with zero attached hydrogens (tertiary/aromatic N) is 1. The number of nitrogens with one attached hydrogen (secondary N) is 2. The Morgan fingerprint density at radius 1 is 1.38 bits per heavy atom. The summed E-state index contributed by atoms with van der Waals surface area (Å²) in [4.78, 5) is 11.5. The molecule has 1 aromatic rings. The third-order valence-electron chi connectivity index (χ3n) is 2.30. The number of benzene rings is 1. The van der Waals surface area contributed by atoms with Crippen molar-refractivity contribution in [3.05, 3.63) is 24.3 Å². The summed E-state index contributed by atoms with van der Waals surface area (Å²) in [7, 11) is 3.70. The van der Waals surface area contributed by atoms with Crippen LogP contribution in [-0.4, -0.2) is 20.0 Å². The molecule has 1 aromatic carbocycles. The molecule has 88 valence electrons. The molecule has 4 heteroatoms. The molecule has 16 heavy (non-hydrogen) atoms. The Morgan fingerprint density at radius 2 is 2.06 bits per heavy atom. The number of para-hydroxylation sites is 2. The summed E-state index contributed by atoms with van der Waals surface area (Å²) in [5, 5.41) is 4.83. The van der Waals surface area contributed by atoms with Gasteiger partial charge >= 0.3 is 0 Å². The molecule has 0 saturated carbocycles. The van der Waals surface area contributed by atoms with Gasteiger partial charge in [-0.3, -0.25) is 15.2 Å². The van der Waals surface area contributed by atoms with E-state index in [9.17, 15) is 4.79 Å². The van der Waals surface area contributed by atoms with E-state index in [2.05, 4.69) is 10.7 Å². The van der Waals surface area contributed by atoms with Crippen LogP contribution in [-0.2, 0) is 4.79 Å². The highest BCUT2D eigenvalue weighted by Gasteiger charge is 2.07. The van der Waals surface area contributed by atoms with Crippen molar-refractivity contribution in [1.82, 2.24) is 5.43 Å². The third-order valence-corrected chi connectivity index (χ3v) is 2.30. The summed E-state index contributed by atoms with van der Waals surface area (Å²) >= 11 is 0. The van der Waals surface area contributed by atoms with E-state index in [1.165, 1.54) is 0 Å². The van der Waals surface area contributed by atoms with E-state index in [1.807, 2.05) is 45.3 Å². The van der Waals surface area contributed by atoms with Crippen LogP contribution in [0.15, 0.2) is 24.3 Å². The molecule has 0 aliphatic carbocycles. The number of hydrazine groups is 1. The van der Waals surface area contributed by atoms with Crippen molar-refractivity contribution in [3.63, 3.8) is 0 Å². The number of rotatable bonds is 5. The molecule has 0 heterocycles. The Balaban J connectivity index is 2.72. The Kier molecular flexibility index (Phi) is 4.64. The average molecular weight is 221 g/mol. The minimum atomic E-state index is 0.0379. The fourth-order valence-corrected chi connectivity index (χ4v) is 1.51. The van der Waals surface area contributed by atoms with E-state index >= 15 is 0 Å². The average Bonchev–Trinajstić information content (AvgIpc) is 2.29. The zero-order chi connectivity index (χ0) is 12.0. The van der Waals surface area contributed by atoms with Crippen molar-refractivity contribution >= 4 is 17.3 Å². The van der Waals surface area contributed by atoms with E-state index in [-0.39, 0.29) is 5.91 Å². The second kappa shape index (κ2) is 6.00. The van der Waals surface area contributed by atoms with Crippen LogP contribution in [0.4, 0.5) is 11.4 Å². The molecule has 1 rings (SSSR count). The third kappa shape index (κ3) is 3.15. The highest BCUT2D eigenvalue weighted by molar-refractivity contribution is 5.79. The molecule has 2 N–H and O–H groups in total. The van der Waals surface area contributed by atoms with Gasteiger partial charge in [-0.15, -0.1) is 0 Å². The lowest BCUT2D eigenvalue weighted by Crippen LogP contribution is -2.39. The first-order chi connectivity index (χ1) is 7.69. The van der Waals surface area contributed by atoms with Gasteiger partial charge < -0.3 is 5.32 Å². The Morgan fingerprint density at radius 3 is 2.69 bits per heavy atom. The monoisotopic (exact) mass is 221 g/mol. The molecule has 4 nitrogen and oxygen atoms in total. The van der Waals surface area contributed by atoms with Crippen molar-refractivity contribution in [3.8, 4) is 0 Å². The standard InChI is InChI=1S/C12H19N3O/c1-4-7-12(16)14-15(3)11-9-6-5-8-10(11)13-2/h5-6,8-9,13H,4,7H2,1-3H3,(H,14,16). The highest BCUT2D eigenvalue weighted by atomic mass is 16.2. The number of hydrogen-bond donors (Lipinski definition) is 2. The van der Waals surface area contributed by atoms with Crippen LogP contribution < -0.4 is 15.8 Å². The number of hydrogen-bond acceptors (Lipinski definition) is 3. The minimum Gasteiger partial charge on any atom is -0.386 e. The molecule has 0 radical (unpaired) electrons. The predicted molar refractivity (Wildman–Crippen MR) is 67.4 cm³/mol. The van der Waals surface area contributed by atoms with Crippen LogP contribution in [0.5, 0.6) is 0 Å². The fraction of sp³-hybridized carbons (Fsp3) is 0.417. The first-order valence-corrected chi connectivity index (χ1v) is 5.49. The predicted octanol–water partition coefficient (Wildman–Crippen LogP) is 2.00. The molecule has 0 spiro atoms. The molecule has 0 aliphatic heterocycles. The van der Waals surface area contributed by atoms with E-state index < -0.39 is 0 Å². The SMILES string of the molecule is CCCC(=O)NN(C)c1ccccc1NC. The highest BCUT2D eigenvalue weighted by Crippen LogP contribution is 2.22. The van der Waals surface area contributed by atoms with Crippen molar-refractivity contribution in [1.29, 1.82) is 0 Å². The zero-order valence-corrected chi connectivity index (χ0v) is 10.1. The molecule has 0 aromatic heterocycles. The molecule has 0 unspecified atom stereocenters. The Bertz CT molecular complexity index is 352. The first-order valence-electron chi connectivity index (χ1n) is 5.49. The zero-order valence-electron chi connectivity index (χ0n) is 10.1. The molecule has 1 amide bonds. The van der Waals surface area contributed by atoms with Crippen LogP contribution in [0, 0.1) is 0 Å². The van der Waals surface area contributed by atoms with E-state index in [1.54, 1.807) is 5.01 Å². The summed E-state index contributed by atoms with van der Waals surface area (Å²) in [6.45, 7) is 1.99. The van der Waals surface area contributed by atoms with E-state index in [0.29, 0.717) is 6.42 Å². The number of carbonyl (C=O) groups excluding carboxylic acids is 1. The first kappa shape index (κ1) is 12.4. The normalized spacial score (nSPS) is 9.69. The number of anilines is 2. The topological polar surface area (TPSA) is 44.4 Å². The van der Waals surface area contributed by atoms with Gasteiger partial charge in [0.15, 0.2) is 0 Å². The Hall–Kier alpha value is -1.71. The minimum absolute atomic E-state index is 0.0379. The number of carbonyl (C=O) groups is 1. The second-order valence-electron chi connectivity index (χ2n) is 3.61. The fourth-order valence-electron chi connectivity index (χ4n) is 1.51. The number of amides is 1. The molecular formula is C12H19N3O. The summed E-state index contributed by atoms with van der Waals surface area (Å²) in [6.07, 6.45) is 1.40. The maximum atomic E-state index is 11.5. The van der Waals surface area contributed by atoms with Crippen molar-refractivity contribution in [2.75, 3.05) is 24.4 Å². The summed E-state index contributed by atoms with van der Waals surface area (Å²) in [5.74, 6) is 0.0379. The molecule has 0 bridgehead atoms. The van der Waals surface area contributed by atoms with Crippen LogP contribution >= 0.6 is 0 Å². The van der Waals surface area contributed by atoms with Crippen molar-refractivity contribution < 1.29 is 4.79 Å². The molecule has 0 atom stereocenters. The van der Waals surface area contributed by atoms with Crippen LogP contribution in [0.2, 0.25) is 0 Å². The Labute approximate surface area is 96.6 Å². The van der Waals surface area contributed by atoms with Gasteiger partial charge in [-0.25, -0.2) is 0 Å². The van der Waals surface area contributed by atoms with Crippen molar-refractivity contribution in [2.24, 2.45) is 0 Å². The van der Waals surface area contributed by atoms with Gasteiger partial charge in [0.1, 0.15) is 0 Å². The van der Waals surface area contributed by atoms with Gasteiger partial charge in [-0.2, -0.15) is 0 Å². The second-order valence-corrected chi connectivity index (χ2v) is 3.61. The lowest BCUT2D eigenvalue weighted by molar-refractivity contribution is -0.121. The lowest BCUT2D eigenvalue weighted by Gasteiger charge is -2.22. The van der Waals surface area contributed by atoms with Crippen molar-refractivity contribution in [2.45, 2.75) is 19.8 Å². The van der Waals surface area contributed by atoms with Gasteiger partial charge in [0, 0.05) is 20.5 Å². The lowest BCUT2D eigenvalue weighted by atomic mass is 10.2. The van der Waals surface area contributed by atoms with E-state index in [4.69, 9.17) is 0 Å². The molecule has 0 saturated heterocycles. The summed E-state index contributed by atoms with van der Waals surface area (Å²) in [6, 6.07) is 7.82. The maximum Gasteiger partial charge on any atom is 0.238 e. The van der Waals surface area contributed by atoms with Gasteiger partial charge in [-0.1, -0.05) is 19.1 Å².